The predicted octanol–water partition coefficient (Wildman–Crippen LogP) is 4.01. The van der Waals surface area contributed by atoms with Crippen molar-refractivity contribution >= 4 is 40.7 Å². The Kier molecular flexibility index (Phi) is 5.03. The van der Waals surface area contributed by atoms with Crippen LogP contribution in [0.25, 0.3) is 0 Å². The number of carboxylic acids is 1. The third kappa shape index (κ3) is 4.34. The Morgan fingerprint density at radius 1 is 1.29 bits per heavy atom. The Labute approximate surface area is 131 Å². The highest BCUT2D eigenvalue weighted by atomic mass is 32.2. The number of carboxylic acid groups (broad SMARTS) is 1. The Bertz CT molecular complexity index is 662. The number of benzene rings is 1. The molecule has 0 bridgehead atoms. The average molecular weight is 321 g/mol. The zero-order valence-corrected chi connectivity index (χ0v) is 13.3. The smallest absolute Gasteiger partial charge is 0.345 e. The van der Waals surface area contributed by atoms with E-state index in [1.165, 1.54) is 18.3 Å². The van der Waals surface area contributed by atoms with Crippen molar-refractivity contribution in [2.24, 2.45) is 0 Å². The first kappa shape index (κ1) is 15.6. The second-order valence-corrected chi connectivity index (χ2v) is 6.80. The van der Waals surface area contributed by atoms with Crippen LogP contribution in [0.4, 0.5) is 5.69 Å². The van der Waals surface area contributed by atoms with Crippen LogP contribution in [-0.4, -0.2) is 17.0 Å². The van der Waals surface area contributed by atoms with Crippen molar-refractivity contribution in [3.8, 4) is 0 Å². The van der Waals surface area contributed by atoms with E-state index >= 15 is 0 Å². The second kappa shape index (κ2) is 6.78. The zero-order valence-electron chi connectivity index (χ0n) is 11.7. The molecule has 0 spiro atoms. The average Bonchev–Trinajstić information content (AvgIpc) is 2.79. The largest absolute Gasteiger partial charge is 0.477 e. The van der Waals surface area contributed by atoms with E-state index in [2.05, 4.69) is 5.32 Å². The molecular formula is C15H15NO3S2. The number of amides is 1. The Balaban J connectivity index is 1.99. The molecule has 2 N–H and O–H groups in total. The summed E-state index contributed by atoms with van der Waals surface area (Å²) in [7, 11) is 0. The highest BCUT2D eigenvalue weighted by Gasteiger charge is 2.11. The van der Waals surface area contributed by atoms with Crippen LogP contribution in [0, 0.1) is 6.92 Å². The molecule has 0 atom stereocenters. The third-order valence-corrected chi connectivity index (χ3v) is 4.94. The molecule has 1 aromatic carbocycles. The number of aromatic carboxylic acids is 1. The van der Waals surface area contributed by atoms with Gasteiger partial charge in [0.05, 0.1) is 0 Å². The summed E-state index contributed by atoms with van der Waals surface area (Å²) in [6, 6.07) is 9.33. The minimum absolute atomic E-state index is 0.0921. The van der Waals surface area contributed by atoms with E-state index in [9.17, 15) is 9.59 Å². The molecule has 0 radical (unpaired) electrons. The molecule has 0 aliphatic carbocycles. The molecule has 6 heteroatoms. The normalized spacial score (nSPS) is 10.4. The number of hydrogen-bond acceptors (Lipinski definition) is 4. The molecule has 1 heterocycles. The molecule has 1 aromatic heterocycles. The first-order valence-electron chi connectivity index (χ1n) is 6.29. The number of rotatable bonds is 5. The van der Waals surface area contributed by atoms with E-state index in [4.69, 9.17) is 5.11 Å². The van der Waals surface area contributed by atoms with Gasteiger partial charge >= 0.3 is 5.97 Å². The van der Waals surface area contributed by atoms with Gasteiger partial charge in [-0.2, -0.15) is 0 Å². The fourth-order valence-corrected chi connectivity index (χ4v) is 3.69. The lowest BCUT2D eigenvalue weighted by molar-refractivity contribution is -0.114. The van der Waals surface area contributed by atoms with Crippen LogP contribution < -0.4 is 5.32 Å². The molecule has 0 saturated carbocycles. The number of aryl methyl sites for hydroxylation is 1. The number of anilines is 1. The number of nitrogens with one attached hydrogen (secondary N) is 1. The third-order valence-electron chi connectivity index (χ3n) is 2.80. The number of carbonyl (C=O) groups excluding carboxylic acids is 1. The van der Waals surface area contributed by atoms with Crippen LogP contribution >= 0.6 is 23.1 Å². The summed E-state index contributed by atoms with van der Waals surface area (Å²) in [6.07, 6.45) is 0. The van der Waals surface area contributed by atoms with E-state index in [1.54, 1.807) is 17.8 Å². The van der Waals surface area contributed by atoms with Gasteiger partial charge in [-0.3, -0.25) is 4.79 Å². The first-order chi connectivity index (χ1) is 9.95. The summed E-state index contributed by atoms with van der Waals surface area (Å²) in [6.45, 7) is 3.41. The van der Waals surface area contributed by atoms with Crippen molar-refractivity contribution in [3.05, 3.63) is 45.6 Å². The summed E-state index contributed by atoms with van der Waals surface area (Å²) in [5.74, 6) is -0.237. The molecule has 4 nitrogen and oxygen atoms in total. The van der Waals surface area contributed by atoms with Gasteiger partial charge in [0.1, 0.15) is 4.88 Å². The van der Waals surface area contributed by atoms with Gasteiger partial charge in [-0.15, -0.1) is 23.1 Å². The van der Waals surface area contributed by atoms with E-state index in [0.717, 1.165) is 26.8 Å². The van der Waals surface area contributed by atoms with Gasteiger partial charge in [0.15, 0.2) is 0 Å². The number of carbonyl (C=O) groups is 2. The molecular weight excluding hydrogens is 306 g/mol. The van der Waals surface area contributed by atoms with Crippen molar-refractivity contribution in [1.82, 2.24) is 0 Å². The molecule has 110 valence electrons. The SMILES string of the molecule is CC(=O)Nc1ccc(SCc2cc(C(=O)O)sc2C)cc1. The summed E-state index contributed by atoms with van der Waals surface area (Å²) >= 11 is 2.95. The molecule has 0 saturated heterocycles. The summed E-state index contributed by atoms with van der Waals surface area (Å²) in [5.41, 5.74) is 1.82. The Hall–Kier alpha value is -1.79. The Morgan fingerprint density at radius 3 is 2.48 bits per heavy atom. The van der Waals surface area contributed by atoms with Crippen LogP contribution in [0.5, 0.6) is 0 Å². The minimum Gasteiger partial charge on any atom is -0.477 e. The summed E-state index contributed by atoms with van der Waals surface area (Å²) in [4.78, 5) is 24.4. The van der Waals surface area contributed by atoms with Gasteiger partial charge in [-0.05, 0) is 42.8 Å². The van der Waals surface area contributed by atoms with Crippen molar-refractivity contribution < 1.29 is 14.7 Å². The number of thiophene rings is 1. The van der Waals surface area contributed by atoms with Crippen molar-refractivity contribution in [2.75, 3.05) is 5.32 Å². The van der Waals surface area contributed by atoms with Gasteiger partial charge in [0.25, 0.3) is 0 Å². The molecule has 21 heavy (non-hydrogen) atoms. The maximum absolute atomic E-state index is 10.9. The van der Waals surface area contributed by atoms with Crippen molar-refractivity contribution in [3.63, 3.8) is 0 Å². The van der Waals surface area contributed by atoms with Crippen LogP contribution in [0.15, 0.2) is 35.2 Å². The van der Waals surface area contributed by atoms with E-state index in [-0.39, 0.29) is 5.91 Å². The molecule has 1 amide bonds. The lowest BCUT2D eigenvalue weighted by atomic mass is 10.3. The van der Waals surface area contributed by atoms with Crippen molar-refractivity contribution in [1.29, 1.82) is 0 Å². The molecule has 0 aliphatic rings. The highest BCUT2D eigenvalue weighted by molar-refractivity contribution is 7.98. The molecule has 2 rings (SSSR count). The van der Waals surface area contributed by atoms with E-state index in [1.807, 2.05) is 31.2 Å². The first-order valence-corrected chi connectivity index (χ1v) is 8.09. The Morgan fingerprint density at radius 2 is 1.95 bits per heavy atom. The van der Waals surface area contributed by atoms with Gasteiger partial charge in [0.2, 0.25) is 5.91 Å². The topological polar surface area (TPSA) is 66.4 Å². The molecule has 0 unspecified atom stereocenters. The standard InChI is InChI=1S/C15H15NO3S2/c1-9-11(7-14(21-9)15(18)19)8-20-13-5-3-12(4-6-13)16-10(2)17/h3-7H,8H2,1-2H3,(H,16,17)(H,18,19). The number of thioether (sulfide) groups is 1. The minimum atomic E-state index is -0.876. The van der Waals surface area contributed by atoms with Gasteiger partial charge in [-0.1, -0.05) is 0 Å². The summed E-state index contributed by atoms with van der Waals surface area (Å²) in [5, 5.41) is 11.7. The van der Waals surface area contributed by atoms with Crippen LogP contribution in [0.2, 0.25) is 0 Å². The molecule has 0 fully saturated rings. The fraction of sp³-hybridized carbons (Fsp3) is 0.200. The second-order valence-electron chi connectivity index (χ2n) is 4.49. The molecule has 2 aromatic rings. The van der Waals surface area contributed by atoms with Gasteiger partial charge in [0, 0.05) is 28.1 Å². The summed E-state index contributed by atoms with van der Waals surface area (Å²) < 4.78 is 0. The van der Waals surface area contributed by atoms with Gasteiger partial charge < -0.3 is 10.4 Å². The van der Waals surface area contributed by atoms with Crippen LogP contribution in [0.1, 0.15) is 27.0 Å². The lowest BCUT2D eigenvalue weighted by Gasteiger charge is -2.04. The monoisotopic (exact) mass is 321 g/mol. The van der Waals surface area contributed by atoms with Crippen LogP contribution in [0.3, 0.4) is 0 Å². The van der Waals surface area contributed by atoms with E-state index < -0.39 is 5.97 Å². The van der Waals surface area contributed by atoms with Crippen LogP contribution in [-0.2, 0) is 10.5 Å². The molecule has 0 aliphatic heterocycles. The number of hydrogen-bond donors (Lipinski definition) is 2. The predicted molar refractivity (Wildman–Crippen MR) is 86.3 cm³/mol. The maximum atomic E-state index is 10.9. The fourth-order valence-electron chi connectivity index (χ4n) is 1.77. The van der Waals surface area contributed by atoms with E-state index in [0.29, 0.717) is 4.88 Å². The van der Waals surface area contributed by atoms with Gasteiger partial charge in [-0.25, -0.2) is 4.79 Å². The lowest BCUT2D eigenvalue weighted by Crippen LogP contribution is -2.05. The zero-order chi connectivity index (χ0) is 15.4. The highest BCUT2D eigenvalue weighted by Crippen LogP contribution is 2.29. The van der Waals surface area contributed by atoms with Crippen molar-refractivity contribution in [2.45, 2.75) is 24.5 Å². The maximum Gasteiger partial charge on any atom is 0.345 e. The quantitative estimate of drug-likeness (QED) is 0.817.